The number of nitrogens with zero attached hydrogens (tertiary/aromatic N) is 4. The molecule has 1 aliphatic rings. The van der Waals surface area contributed by atoms with Crippen molar-refractivity contribution in [1.29, 1.82) is 0 Å². The summed E-state index contributed by atoms with van der Waals surface area (Å²) in [6.07, 6.45) is 1.70. The highest BCUT2D eigenvalue weighted by Gasteiger charge is 2.22. The number of hydrogen-bond donors (Lipinski definition) is 0. The van der Waals surface area contributed by atoms with Crippen molar-refractivity contribution in [1.82, 2.24) is 9.97 Å². The lowest BCUT2D eigenvalue weighted by atomic mass is 10.1. The maximum atomic E-state index is 4.69. The van der Waals surface area contributed by atoms with Gasteiger partial charge in [0.25, 0.3) is 0 Å². The summed E-state index contributed by atoms with van der Waals surface area (Å²) in [5, 5.41) is 3.39. The lowest BCUT2D eigenvalue weighted by Gasteiger charge is -2.37. The second kappa shape index (κ2) is 8.17. The van der Waals surface area contributed by atoms with Crippen LogP contribution in [0.4, 0.5) is 11.5 Å². The molecule has 2 aromatic heterocycles. The molecule has 3 heterocycles. The lowest BCUT2D eigenvalue weighted by molar-refractivity contribution is 0.649. The van der Waals surface area contributed by atoms with E-state index in [-0.39, 0.29) is 12.4 Å². The van der Waals surface area contributed by atoms with E-state index in [1.165, 1.54) is 22.2 Å². The zero-order chi connectivity index (χ0) is 18.1. The van der Waals surface area contributed by atoms with Gasteiger partial charge in [0.15, 0.2) is 0 Å². The molecule has 5 rings (SSSR count). The molecule has 0 atom stereocenters. The van der Waals surface area contributed by atoms with Crippen LogP contribution in [0.15, 0.2) is 72.4 Å². The molecule has 142 valence electrons. The van der Waals surface area contributed by atoms with E-state index in [1.807, 2.05) is 0 Å². The third kappa shape index (κ3) is 3.43. The Labute approximate surface area is 174 Å². The smallest absolute Gasteiger partial charge is 0.141 e. The first-order chi connectivity index (χ1) is 13.4. The molecule has 0 saturated carbocycles. The van der Waals surface area contributed by atoms with Gasteiger partial charge in [-0.15, -0.1) is 23.7 Å². The zero-order valence-electron chi connectivity index (χ0n) is 15.4. The van der Waals surface area contributed by atoms with Crippen molar-refractivity contribution >= 4 is 45.5 Å². The molecule has 1 saturated heterocycles. The van der Waals surface area contributed by atoms with Crippen LogP contribution >= 0.6 is 23.7 Å². The van der Waals surface area contributed by atoms with Crippen LogP contribution < -0.4 is 9.80 Å². The summed E-state index contributed by atoms with van der Waals surface area (Å²) < 4.78 is 0. The summed E-state index contributed by atoms with van der Waals surface area (Å²) in [5.41, 5.74) is 3.75. The number of piperazine rings is 1. The Morgan fingerprint density at radius 2 is 1.39 bits per heavy atom. The van der Waals surface area contributed by atoms with Crippen molar-refractivity contribution in [2.45, 2.75) is 0 Å². The standard InChI is InChI=1S/C22H20N4S.ClH/c1-3-7-17(8-4-1)19-15-27-22-20(19)21(23-16-24-22)26-13-11-25(12-14-26)18-9-5-2-6-10-18;/h1-10,15-16H,11-14H2;1H. The van der Waals surface area contributed by atoms with Gasteiger partial charge in [-0.1, -0.05) is 48.5 Å². The quantitative estimate of drug-likeness (QED) is 0.471. The first-order valence-corrected chi connectivity index (χ1v) is 10.1. The second-order valence-electron chi connectivity index (χ2n) is 6.70. The van der Waals surface area contributed by atoms with Crippen LogP contribution in [0.5, 0.6) is 0 Å². The van der Waals surface area contributed by atoms with Crippen molar-refractivity contribution in [2.75, 3.05) is 36.0 Å². The fourth-order valence-corrected chi connectivity index (χ4v) is 4.66. The summed E-state index contributed by atoms with van der Waals surface area (Å²) in [5.74, 6) is 1.06. The number of benzene rings is 2. The van der Waals surface area contributed by atoms with Crippen molar-refractivity contribution in [3.63, 3.8) is 0 Å². The van der Waals surface area contributed by atoms with Gasteiger partial charge in [-0.25, -0.2) is 9.97 Å². The average Bonchev–Trinajstić information content (AvgIpc) is 3.20. The molecule has 0 radical (unpaired) electrons. The van der Waals surface area contributed by atoms with E-state index in [0.29, 0.717) is 0 Å². The molecule has 0 amide bonds. The van der Waals surface area contributed by atoms with Gasteiger partial charge in [-0.05, 0) is 17.7 Å². The predicted molar refractivity (Wildman–Crippen MR) is 121 cm³/mol. The van der Waals surface area contributed by atoms with E-state index in [2.05, 4.69) is 85.8 Å². The Balaban J connectivity index is 0.00000192. The third-order valence-electron chi connectivity index (χ3n) is 5.14. The molecule has 4 aromatic rings. The molecule has 28 heavy (non-hydrogen) atoms. The van der Waals surface area contributed by atoms with E-state index in [9.17, 15) is 0 Å². The largest absolute Gasteiger partial charge is 0.368 e. The number of anilines is 2. The van der Waals surface area contributed by atoms with Crippen molar-refractivity contribution in [2.24, 2.45) is 0 Å². The van der Waals surface area contributed by atoms with Crippen LogP contribution in [-0.4, -0.2) is 36.1 Å². The molecule has 0 N–H and O–H groups in total. The van der Waals surface area contributed by atoms with Gasteiger partial charge in [0.05, 0.1) is 5.39 Å². The molecule has 1 aliphatic heterocycles. The highest BCUT2D eigenvalue weighted by Crippen LogP contribution is 2.38. The first-order valence-electron chi connectivity index (χ1n) is 9.23. The van der Waals surface area contributed by atoms with Gasteiger partial charge < -0.3 is 9.80 Å². The van der Waals surface area contributed by atoms with Crippen molar-refractivity contribution in [3.05, 3.63) is 72.4 Å². The van der Waals surface area contributed by atoms with Crippen LogP contribution in [0.1, 0.15) is 0 Å². The summed E-state index contributed by atoms with van der Waals surface area (Å²) in [6.45, 7) is 3.93. The summed E-state index contributed by atoms with van der Waals surface area (Å²) in [7, 11) is 0. The Bertz CT molecular complexity index is 1040. The van der Waals surface area contributed by atoms with E-state index in [4.69, 9.17) is 0 Å². The van der Waals surface area contributed by atoms with Gasteiger partial charge in [0.1, 0.15) is 17.0 Å². The molecule has 1 fully saturated rings. The average molecular weight is 409 g/mol. The van der Waals surface area contributed by atoms with Crippen molar-refractivity contribution < 1.29 is 0 Å². The number of thiophene rings is 1. The van der Waals surface area contributed by atoms with E-state index in [0.717, 1.165) is 36.8 Å². The molecule has 0 aliphatic carbocycles. The maximum absolute atomic E-state index is 4.69. The Morgan fingerprint density at radius 3 is 2.11 bits per heavy atom. The molecular weight excluding hydrogens is 388 g/mol. The normalized spacial score (nSPS) is 14.1. The highest BCUT2D eigenvalue weighted by atomic mass is 35.5. The maximum Gasteiger partial charge on any atom is 0.141 e. The number of aromatic nitrogens is 2. The van der Waals surface area contributed by atoms with Gasteiger partial charge in [-0.2, -0.15) is 0 Å². The Hall–Kier alpha value is -2.63. The van der Waals surface area contributed by atoms with Gasteiger partial charge in [-0.3, -0.25) is 0 Å². The third-order valence-corrected chi connectivity index (χ3v) is 6.02. The molecule has 6 heteroatoms. The number of fused-ring (bicyclic) bond motifs is 1. The van der Waals surface area contributed by atoms with E-state index >= 15 is 0 Å². The zero-order valence-corrected chi connectivity index (χ0v) is 17.0. The first kappa shape index (κ1) is 18.7. The fourth-order valence-electron chi connectivity index (χ4n) is 3.74. The molecule has 0 unspecified atom stereocenters. The Morgan fingerprint density at radius 1 is 0.750 bits per heavy atom. The Kier molecular flexibility index (Phi) is 5.46. The summed E-state index contributed by atoms with van der Waals surface area (Å²) >= 11 is 1.70. The minimum absolute atomic E-state index is 0. The topological polar surface area (TPSA) is 32.3 Å². The summed E-state index contributed by atoms with van der Waals surface area (Å²) in [6, 6.07) is 21.2. The van der Waals surface area contributed by atoms with Crippen LogP contribution in [0.3, 0.4) is 0 Å². The van der Waals surface area contributed by atoms with E-state index < -0.39 is 0 Å². The lowest BCUT2D eigenvalue weighted by Crippen LogP contribution is -2.46. The van der Waals surface area contributed by atoms with Crippen LogP contribution in [0, 0.1) is 0 Å². The van der Waals surface area contributed by atoms with Gasteiger partial charge in [0, 0.05) is 42.8 Å². The monoisotopic (exact) mass is 408 g/mol. The minimum atomic E-state index is 0. The molecule has 4 nitrogen and oxygen atoms in total. The van der Waals surface area contributed by atoms with Crippen LogP contribution in [-0.2, 0) is 0 Å². The molecule has 2 aromatic carbocycles. The van der Waals surface area contributed by atoms with Gasteiger partial charge in [0.2, 0.25) is 0 Å². The van der Waals surface area contributed by atoms with Crippen LogP contribution in [0.25, 0.3) is 21.3 Å². The van der Waals surface area contributed by atoms with Gasteiger partial charge >= 0.3 is 0 Å². The second-order valence-corrected chi connectivity index (χ2v) is 7.56. The predicted octanol–water partition coefficient (Wildman–Crippen LogP) is 5.11. The number of rotatable bonds is 3. The molecule has 0 spiro atoms. The van der Waals surface area contributed by atoms with Crippen LogP contribution in [0.2, 0.25) is 0 Å². The highest BCUT2D eigenvalue weighted by molar-refractivity contribution is 7.17. The molecular formula is C22H21ClN4S. The SMILES string of the molecule is Cl.c1ccc(-c2csc3ncnc(N4CCN(c5ccccc5)CC4)c23)cc1. The number of hydrogen-bond acceptors (Lipinski definition) is 5. The number of para-hydroxylation sites is 1. The molecule has 0 bridgehead atoms. The number of halogens is 1. The minimum Gasteiger partial charge on any atom is -0.368 e. The summed E-state index contributed by atoms with van der Waals surface area (Å²) in [4.78, 5) is 15.1. The fraction of sp³-hybridized carbons (Fsp3) is 0.182. The van der Waals surface area contributed by atoms with E-state index in [1.54, 1.807) is 17.7 Å². The van der Waals surface area contributed by atoms with Crippen molar-refractivity contribution in [3.8, 4) is 11.1 Å².